The zero-order valence-corrected chi connectivity index (χ0v) is 11.7. The van der Waals surface area contributed by atoms with E-state index in [1.807, 2.05) is 0 Å². The molecule has 1 heterocycles. The van der Waals surface area contributed by atoms with Gasteiger partial charge in [0.05, 0.1) is 11.6 Å². The number of carbonyl (C=O) groups excluding carboxylic acids is 2. The Morgan fingerprint density at radius 1 is 1.09 bits per heavy atom. The van der Waals surface area contributed by atoms with E-state index in [0.717, 1.165) is 6.07 Å². The molecule has 0 saturated heterocycles. The first-order chi connectivity index (χ1) is 11.0. The van der Waals surface area contributed by atoms with E-state index < -0.39 is 35.0 Å². The van der Waals surface area contributed by atoms with Gasteiger partial charge in [-0.25, -0.2) is 13.2 Å². The Bertz CT molecular complexity index is 808. The van der Waals surface area contributed by atoms with Gasteiger partial charge in [-0.15, -0.1) is 0 Å². The summed E-state index contributed by atoms with van der Waals surface area (Å²) in [4.78, 5) is 23.9. The highest BCUT2D eigenvalue weighted by atomic mass is 19.2. The zero-order valence-electron chi connectivity index (χ0n) is 11.7. The molecule has 3 rings (SSSR count). The monoisotopic (exact) mass is 320 g/mol. The zero-order chi connectivity index (χ0) is 16.6. The first kappa shape index (κ1) is 15.1. The number of anilines is 2. The van der Waals surface area contributed by atoms with Gasteiger partial charge >= 0.3 is 0 Å². The van der Waals surface area contributed by atoms with Gasteiger partial charge in [-0.1, -0.05) is 18.2 Å². The molecule has 2 aromatic rings. The quantitative estimate of drug-likeness (QED) is 0.854. The second kappa shape index (κ2) is 5.75. The van der Waals surface area contributed by atoms with Crippen LogP contribution in [0.25, 0.3) is 0 Å². The van der Waals surface area contributed by atoms with Crippen LogP contribution in [0.15, 0.2) is 36.4 Å². The van der Waals surface area contributed by atoms with Crippen LogP contribution in [0, 0.1) is 17.5 Å². The molecule has 23 heavy (non-hydrogen) atoms. The van der Waals surface area contributed by atoms with Gasteiger partial charge in [0.2, 0.25) is 11.8 Å². The number of amides is 2. The molecule has 0 spiro atoms. The van der Waals surface area contributed by atoms with Gasteiger partial charge in [-0.05, 0) is 23.8 Å². The van der Waals surface area contributed by atoms with Crippen LogP contribution in [-0.4, -0.2) is 11.8 Å². The molecule has 0 saturated carbocycles. The third kappa shape index (κ3) is 2.77. The third-order valence-corrected chi connectivity index (χ3v) is 3.61. The molecule has 2 N–H and O–H groups in total. The maximum atomic E-state index is 13.5. The van der Waals surface area contributed by atoms with Crippen LogP contribution < -0.4 is 10.6 Å². The number of halogens is 3. The predicted molar refractivity (Wildman–Crippen MR) is 77.4 cm³/mol. The van der Waals surface area contributed by atoms with E-state index >= 15 is 0 Å². The van der Waals surface area contributed by atoms with E-state index in [9.17, 15) is 22.8 Å². The Morgan fingerprint density at radius 2 is 1.83 bits per heavy atom. The molecule has 1 aliphatic rings. The van der Waals surface area contributed by atoms with Gasteiger partial charge in [-0.2, -0.15) is 0 Å². The summed E-state index contributed by atoms with van der Waals surface area (Å²) in [5, 5.41) is 4.80. The molecule has 2 amide bonds. The van der Waals surface area contributed by atoms with E-state index in [0.29, 0.717) is 17.3 Å². The number of para-hydroxylation sites is 1. The summed E-state index contributed by atoms with van der Waals surface area (Å²) in [5.41, 5.74) is 0.813. The van der Waals surface area contributed by atoms with Gasteiger partial charge in [0.15, 0.2) is 17.5 Å². The summed E-state index contributed by atoms with van der Waals surface area (Å²) >= 11 is 0. The normalized spacial score (nSPS) is 16.0. The van der Waals surface area contributed by atoms with Crippen molar-refractivity contribution in [2.75, 3.05) is 10.6 Å². The van der Waals surface area contributed by atoms with Crippen molar-refractivity contribution in [3.05, 3.63) is 59.4 Å². The van der Waals surface area contributed by atoms with Crippen molar-refractivity contribution in [1.29, 1.82) is 0 Å². The largest absolute Gasteiger partial charge is 0.325 e. The lowest BCUT2D eigenvalue weighted by Gasteiger charge is -2.10. The Hall–Kier alpha value is -2.83. The average Bonchev–Trinajstić information content (AvgIpc) is 2.84. The van der Waals surface area contributed by atoms with E-state index in [-0.39, 0.29) is 12.3 Å². The molecule has 7 heteroatoms. The minimum absolute atomic E-state index is 0.235. The van der Waals surface area contributed by atoms with Gasteiger partial charge in [0.1, 0.15) is 0 Å². The summed E-state index contributed by atoms with van der Waals surface area (Å²) in [6.07, 6.45) is -0.235. The van der Waals surface area contributed by atoms with E-state index in [4.69, 9.17) is 0 Å². The van der Waals surface area contributed by atoms with E-state index in [2.05, 4.69) is 10.6 Å². The number of benzene rings is 2. The number of carbonyl (C=O) groups is 2. The molecule has 1 atom stereocenters. The molecule has 0 radical (unpaired) electrons. The fourth-order valence-corrected chi connectivity index (χ4v) is 2.49. The molecule has 2 aromatic carbocycles. The molecule has 0 aliphatic carbocycles. The summed E-state index contributed by atoms with van der Waals surface area (Å²) in [6.45, 7) is 0. The van der Waals surface area contributed by atoms with E-state index in [1.165, 1.54) is 0 Å². The van der Waals surface area contributed by atoms with Gasteiger partial charge < -0.3 is 10.6 Å². The highest BCUT2D eigenvalue weighted by Crippen LogP contribution is 2.34. The fraction of sp³-hybridized carbons (Fsp3) is 0.125. The lowest BCUT2D eigenvalue weighted by atomic mass is 9.97. The number of rotatable bonds is 3. The van der Waals surface area contributed by atoms with Gasteiger partial charge in [0, 0.05) is 12.1 Å². The van der Waals surface area contributed by atoms with Crippen LogP contribution in [0.2, 0.25) is 0 Å². The fourth-order valence-electron chi connectivity index (χ4n) is 2.49. The maximum Gasteiger partial charge on any atom is 0.232 e. The Morgan fingerprint density at radius 3 is 2.61 bits per heavy atom. The minimum Gasteiger partial charge on any atom is -0.325 e. The third-order valence-electron chi connectivity index (χ3n) is 3.61. The summed E-state index contributed by atoms with van der Waals surface area (Å²) in [5.74, 6) is -6.20. The number of hydrogen-bond acceptors (Lipinski definition) is 2. The number of nitrogens with one attached hydrogen (secondary N) is 2. The molecular formula is C16H11F3N2O2. The van der Waals surface area contributed by atoms with Crippen molar-refractivity contribution >= 4 is 23.2 Å². The van der Waals surface area contributed by atoms with Crippen molar-refractivity contribution in [2.45, 2.75) is 12.3 Å². The van der Waals surface area contributed by atoms with E-state index in [1.54, 1.807) is 24.3 Å². The van der Waals surface area contributed by atoms with Crippen LogP contribution in [-0.2, 0) is 9.59 Å². The SMILES string of the molecule is O=C(CC1C(=O)Nc2ccccc21)Nc1ccc(F)c(F)c1F. The average molecular weight is 320 g/mol. The van der Waals surface area contributed by atoms with Crippen LogP contribution in [0.1, 0.15) is 17.9 Å². The summed E-state index contributed by atoms with van der Waals surface area (Å²) < 4.78 is 39.5. The molecule has 0 bridgehead atoms. The van der Waals surface area contributed by atoms with Crippen LogP contribution >= 0.6 is 0 Å². The van der Waals surface area contributed by atoms with Crippen LogP contribution in [0.5, 0.6) is 0 Å². The second-order valence-electron chi connectivity index (χ2n) is 5.10. The van der Waals surface area contributed by atoms with Crippen molar-refractivity contribution in [3.63, 3.8) is 0 Å². The first-order valence-electron chi connectivity index (χ1n) is 6.80. The molecule has 118 valence electrons. The predicted octanol–water partition coefficient (Wildman–Crippen LogP) is 3.17. The molecule has 1 unspecified atom stereocenters. The molecular weight excluding hydrogens is 309 g/mol. The van der Waals surface area contributed by atoms with Crippen LogP contribution in [0.4, 0.5) is 24.5 Å². The highest BCUT2D eigenvalue weighted by Gasteiger charge is 2.32. The van der Waals surface area contributed by atoms with Crippen molar-refractivity contribution in [2.24, 2.45) is 0 Å². The highest BCUT2D eigenvalue weighted by molar-refractivity contribution is 6.06. The second-order valence-corrected chi connectivity index (χ2v) is 5.10. The van der Waals surface area contributed by atoms with Crippen molar-refractivity contribution in [1.82, 2.24) is 0 Å². The first-order valence-corrected chi connectivity index (χ1v) is 6.80. The molecule has 0 aromatic heterocycles. The van der Waals surface area contributed by atoms with Gasteiger partial charge in [-0.3, -0.25) is 9.59 Å². The lowest BCUT2D eigenvalue weighted by molar-refractivity contribution is -0.122. The Kier molecular flexibility index (Phi) is 3.77. The molecule has 1 aliphatic heterocycles. The van der Waals surface area contributed by atoms with Crippen LogP contribution in [0.3, 0.4) is 0 Å². The summed E-state index contributed by atoms with van der Waals surface area (Å²) in [7, 11) is 0. The van der Waals surface area contributed by atoms with Crippen molar-refractivity contribution in [3.8, 4) is 0 Å². The topological polar surface area (TPSA) is 58.2 Å². The molecule has 0 fully saturated rings. The standard InChI is InChI=1S/C16H11F3N2O2/c17-10-5-6-12(15(19)14(10)18)20-13(22)7-9-8-3-1-2-4-11(8)21-16(9)23/h1-6,9H,7H2,(H,20,22)(H,21,23). The lowest BCUT2D eigenvalue weighted by Crippen LogP contribution is -2.21. The van der Waals surface area contributed by atoms with Gasteiger partial charge in [0.25, 0.3) is 0 Å². The Labute approximate surface area is 129 Å². The minimum atomic E-state index is -1.66. The molecule has 4 nitrogen and oxygen atoms in total. The summed E-state index contributed by atoms with van der Waals surface area (Å²) in [6, 6.07) is 8.54. The Balaban J connectivity index is 1.76. The smallest absolute Gasteiger partial charge is 0.232 e. The number of fused-ring (bicyclic) bond motifs is 1. The van der Waals surface area contributed by atoms with Crippen molar-refractivity contribution < 1.29 is 22.8 Å². The maximum absolute atomic E-state index is 13.5. The number of hydrogen-bond donors (Lipinski definition) is 2.